The Morgan fingerprint density at radius 2 is 2.05 bits per heavy atom. The summed E-state index contributed by atoms with van der Waals surface area (Å²) in [6.45, 7) is 3.92. The molecule has 2 rings (SSSR count). The summed E-state index contributed by atoms with van der Waals surface area (Å²) in [6.07, 6.45) is 8.84. The highest BCUT2D eigenvalue weighted by Gasteiger charge is 2.30. The zero-order chi connectivity index (χ0) is 15.5. The van der Waals surface area contributed by atoms with Crippen molar-refractivity contribution in [3.05, 3.63) is 17.0 Å². The fourth-order valence-corrected chi connectivity index (χ4v) is 2.85. The van der Waals surface area contributed by atoms with Crippen LogP contribution in [0.3, 0.4) is 0 Å². The summed E-state index contributed by atoms with van der Waals surface area (Å²) in [5.74, 6) is 2.69. The minimum Gasteiger partial charge on any atom is -0.335 e. The maximum Gasteiger partial charge on any atom is 0.262 e. The van der Waals surface area contributed by atoms with Crippen LogP contribution in [-0.4, -0.2) is 17.4 Å². The maximum absolute atomic E-state index is 12.3. The van der Waals surface area contributed by atoms with E-state index in [4.69, 9.17) is 6.42 Å². The fraction of sp³-hybridized carbons (Fsp3) is 0.500. The molecule has 1 fully saturated rings. The molecule has 1 heterocycles. The molecule has 0 bridgehead atoms. The summed E-state index contributed by atoms with van der Waals surface area (Å²) >= 11 is 1.27. The summed E-state index contributed by atoms with van der Waals surface area (Å²) in [5, 5.41) is 6.47. The van der Waals surface area contributed by atoms with Gasteiger partial charge in [-0.3, -0.25) is 9.59 Å². The van der Waals surface area contributed by atoms with E-state index < -0.39 is 5.54 Å². The number of amides is 2. The molecule has 4 nitrogen and oxygen atoms in total. The van der Waals surface area contributed by atoms with E-state index >= 15 is 0 Å². The van der Waals surface area contributed by atoms with Crippen LogP contribution in [0.25, 0.3) is 0 Å². The first-order chi connectivity index (χ1) is 10.0. The number of hydrogen-bond donors (Lipinski definition) is 2. The summed E-state index contributed by atoms with van der Waals surface area (Å²) < 4.78 is 0. The topological polar surface area (TPSA) is 58.2 Å². The van der Waals surface area contributed by atoms with Gasteiger partial charge >= 0.3 is 0 Å². The Morgan fingerprint density at radius 1 is 1.38 bits per heavy atom. The molecule has 1 saturated carbocycles. The number of anilines is 1. The lowest BCUT2D eigenvalue weighted by Gasteiger charge is -2.26. The van der Waals surface area contributed by atoms with Crippen LogP contribution >= 0.6 is 11.3 Å². The first-order valence-corrected chi connectivity index (χ1v) is 8.06. The molecule has 0 aliphatic heterocycles. The van der Waals surface area contributed by atoms with Crippen LogP contribution in [0.2, 0.25) is 0 Å². The van der Waals surface area contributed by atoms with Crippen LogP contribution in [0.4, 0.5) is 5.00 Å². The fourth-order valence-electron chi connectivity index (χ4n) is 2.04. The van der Waals surface area contributed by atoms with E-state index in [0.717, 1.165) is 12.8 Å². The van der Waals surface area contributed by atoms with Crippen LogP contribution in [0.15, 0.2) is 12.1 Å². The molecule has 0 aromatic carbocycles. The number of thiophene rings is 1. The Bertz CT molecular complexity index is 577. The average molecular weight is 304 g/mol. The van der Waals surface area contributed by atoms with Gasteiger partial charge in [0.15, 0.2) is 0 Å². The molecule has 21 heavy (non-hydrogen) atoms. The number of terminal acetylenes is 1. The Morgan fingerprint density at radius 3 is 2.57 bits per heavy atom. The molecule has 0 radical (unpaired) electrons. The van der Waals surface area contributed by atoms with Gasteiger partial charge in [-0.1, -0.05) is 19.8 Å². The predicted molar refractivity (Wildman–Crippen MR) is 85.3 cm³/mol. The van der Waals surface area contributed by atoms with Crippen molar-refractivity contribution in [3.63, 3.8) is 0 Å². The molecule has 0 unspecified atom stereocenters. The van der Waals surface area contributed by atoms with Crippen molar-refractivity contribution < 1.29 is 9.59 Å². The van der Waals surface area contributed by atoms with E-state index in [1.165, 1.54) is 11.3 Å². The van der Waals surface area contributed by atoms with Gasteiger partial charge in [-0.2, -0.15) is 0 Å². The van der Waals surface area contributed by atoms with Gasteiger partial charge in [-0.25, -0.2) is 0 Å². The molecule has 0 atom stereocenters. The first kappa shape index (κ1) is 15.6. The molecule has 1 aromatic heterocycles. The number of carbonyl (C=O) groups excluding carboxylic acids is 2. The number of carbonyl (C=O) groups is 2. The smallest absolute Gasteiger partial charge is 0.262 e. The van der Waals surface area contributed by atoms with Crippen LogP contribution in [0.1, 0.15) is 49.2 Å². The minimum atomic E-state index is -0.599. The molecule has 1 aliphatic carbocycles. The molecule has 1 aliphatic rings. The molecular weight excluding hydrogens is 284 g/mol. The zero-order valence-electron chi connectivity index (χ0n) is 12.4. The van der Waals surface area contributed by atoms with E-state index in [2.05, 4.69) is 16.6 Å². The maximum atomic E-state index is 12.3. The van der Waals surface area contributed by atoms with Crippen molar-refractivity contribution in [3.8, 4) is 12.3 Å². The predicted octanol–water partition coefficient (Wildman–Crippen LogP) is 3.02. The van der Waals surface area contributed by atoms with Crippen LogP contribution in [0, 0.1) is 18.3 Å². The van der Waals surface area contributed by atoms with Gasteiger partial charge in [-0.05, 0) is 37.8 Å². The van der Waals surface area contributed by atoms with E-state index in [0.29, 0.717) is 22.7 Å². The lowest BCUT2D eigenvalue weighted by atomic mass is 9.94. The Labute approximate surface area is 129 Å². The highest BCUT2D eigenvalue weighted by molar-refractivity contribution is 7.18. The number of hydrogen-bond acceptors (Lipinski definition) is 3. The monoisotopic (exact) mass is 304 g/mol. The molecule has 2 amide bonds. The summed E-state index contributed by atoms with van der Waals surface area (Å²) in [5.41, 5.74) is -0.599. The Hall–Kier alpha value is -1.80. The van der Waals surface area contributed by atoms with Crippen molar-refractivity contribution >= 4 is 28.2 Å². The van der Waals surface area contributed by atoms with Gasteiger partial charge in [-0.15, -0.1) is 17.8 Å². The first-order valence-electron chi connectivity index (χ1n) is 7.24. The number of rotatable bonds is 6. The largest absolute Gasteiger partial charge is 0.335 e. The van der Waals surface area contributed by atoms with Crippen molar-refractivity contribution in [2.45, 2.75) is 45.1 Å². The molecule has 2 N–H and O–H groups in total. The molecule has 0 saturated heterocycles. The third kappa shape index (κ3) is 3.64. The van der Waals surface area contributed by atoms with Crippen molar-refractivity contribution in [1.82, 2.24) is 5.32 Å². The second kappa shape index (κ2) is 6.31. The van der Waals surface area contributed by atoms with E-state index in [9.17, 15) is 9.59 Å². The van der Waals surface area contributed by atoms with Gasteiger partial charge in [0.05, 0.1) is 9.88 Å². The lowest BCUT2D eigenvalue weighted by Crippen LogP contribution is -2.46. The normalized spacial score (nSPS) is 14.3. The van der Waals surface area contributed by atoms with Crippen molar-refractivity contribution in [1.29, 1.82) is 0 Å². The van der Waals surface area contributed by atoms with Gasteiger partial charge in [0, 0.05) is 5.92 Å². The lowest BCUT2D eigenvalue weighted by molar-refractivity contribution is -0.117. The number of nitrogens with one attached hydrogen (secondary N) is 2. The minimum absolute atomic E-state index is 0.0453. The van der Waals surface area contributed by atoms with Crippen LogP contribution < -0.4 is 10.6 Å². The van der Waals surface area contributed by atoms with Gasteiger partial charge in [0.2, 0.25) is 5.91 Å². The summed E-state index contributed by atoms with van der Waals surface area (Å²) in [6, 6.07) is 3.48. The zero-order valence-corrected chi connectivity index (χ0v) is 13.2. The third-order valence-electron chi connectivity index (χ3n) is 3.86. The quantitative estimate of drug-likeness (QED) is 0.794. The summed E-state index contributed by atoms with van der Waals surface area (Å²) in [4.78, 5) is 24.5. The van der Waals surface area contributed by atoms with Gasteiger partial charge < -0.3 is 10.6 Å². The van der Waals surface area contributed by atoms with E-state index in [1.807, 2.05) is 13.8 Å². The molecule has 112 valence electrons. The van der Waals surface area contributed by atoms with Crippen LogP contribution in [-0.2, 0) is 4.79 Å². The highest BCUT2D eigenvalue weighted by atomic mass is 32.1. The van der Waals surface area contributed by atoms with Crippen molar-refractivity contribution in [2.24, 2.45) is 5.92 Å². The molecular formula is C16H20N2O2S. The Kier molecular flexibility index (Phi) is 4.69. The average Bonchev–Trinajstić information content (AvgIpc) is 3.25. The standard InChI is InChI=1S/C16H20N2O2S/c1-4-16(5-2,6-3)18-15(20)12-9-10-13(21-12)17-14(19)11-7-8-11/h1,9-11H,5-8H2,2-3H3,(H,17,19)(H,18,20). The van der Waals surface area contributed by atoms with Crippen molar-refractivity contribution in [2.75, 3.05) is 5.32 Å². The third-order valence-corrected chi connectivity index (χ3v) is 4.86. The van der Waals surface area contributed by atoms with Gasteiger partial charge in [0.1, 0.15) is 5.54 Å². The van der Waals surface area contributed by atoms with E-state index in [-0.39, 0.29) is 17.7 Å². The Balaban J connectivity index is 2.01. The SMILES string of the molecule is C#CC(CC)(CC)NC(=O)c1ccc(NC(=O)C2CC2)s1. The molecule has 1 aromatic rings. The highest BCUT2D eigenvalue weighted by Crippen LogP contribution is 2.31. The molecule has 0 spiro atoms. The summed E-state index contributed by atoms with van der Waals surface area (Å²) in [7, 11) is 0. The second-order valence-corrected chi connectivity index (χ2v) is 6.40. The van der Waals surface area contributed by atoms with Gasteiger partial charge in [0.25, 0.3) is 5.91 Å². The second-order valence-electron chi connectivity index (χ2n) is 5.32. The van der Waals surface area contributed by atoms with E-state index in [1.54, 1.807) is 12.1 Å². The van der Waals surface area contributed by atoms with Crippen LogP contribution in [0.5, 0.6) is 0 Å². The molecule has 5 heteroatoms.